The molecule has 2 heterocycles. The van der Waals surface area contributed by atoms with Crippen molar-refractivity contribution >= 4 is 0 Å². The normalized spacial score (nSPS) is 26.3. The number of hydrogen-bond acceptors (Lipinski definition) is 4. The molecule has 1 aliphatic rings. The Balaban J connectivity index is 2.11. The molecule has 2 rings (SSSR count). The zero-order valence-electron chi connectivity index (χ0n) is 11.1. The molecule has 96 valence electrons. The Kier molecular flexibility index (Phi) is 3.79. The minimum absolute atomic E-state index is 0.239. The van der Waals surface area contributed by atoms with Gasteiger partial charge in [-0.05, 0) is 20.3 Å². The predicted octanol–water partition coefficient (Wildman–Crippen LogP) is 0.872. The van der Waals surface area contributed by atoms with Gasteiger partial charge in [-0.1, -0.05) is 6.92 Å². The van der Waals surface area contributed by atoms with Crippen LogP contribution in [0.1, 0.15) is 33.0 Å². The summed E-state index contributed by atoms with van der Waals surface area (Å²) in [7, 11) is 0. The van der Waals surface area contributed by atoms with Crippen LogP contribution in [0, 0.1) is 0 Å². The quantitative estimate of drug-likeness (QED) is 0.844. The first-order chi connectivity index (χ1) is 8.19. The van der Waals surface area contributed by atoms with E-state index < -0.39 is 0 Å². The number of aryl methyl sites for hydroxylation is 1. The molecule has 0 radical (unpaired) electrons. The Morgan fingerprint density at radius 2 is 2.29 bits per heavy atom. The Morgan fingerprint density at radius 1 is 1.47 bits per heavy atom. The van der Waals surface area contributed by atoms with Crippen LogP contribution >= 0.6 is 0 Å². The molecular formula is C12H23N5. The maximum absolute atomic E-state index is 4.37. The van der Waals surface area contributed by atoms with E-state index in [-0.39, 0.29) is 5.54 Å². The van der Waals surface area contributed by atoms with Gasteiger partial charge < -0.3 is 5.32 Å². The molecule has 1 aromatic heterocycles. The number of rotatable bonds is 4. The zero-order chi connectivity index (χ0) is 12.3. The third-order valence-corrected chi connectivity index (χ3v) is 3.92. The molecule has 5 heteroatoms. The van der Waals surface area contributed by atoms with Crippen LogP contribution in [0.5, 0.6) is 0 Å². The summed E-state index contributed by atoms with van der Waals surface area (Å²) in [5, 5.41) is 7.72. The molecule has 17 heavy (non-hydrogen) atoms. The second-order valence-electron chi connectivity index (χ2n) is 4.94. The van der Waals surface area contributed by atoms with Crippen molar-refractivity contribution < 1.29 is 0 Å². The van der Waals surface area contributed by atoms with E-state index in [0.29, 0.717) is 0 Å². The van der Waals surface area contributed by atoms with Crippen LogP contribution in [0.3, 0.4) is 0 Å². The first-order valence-corrected chi connectivity index (χ1v) is 6.52. The van der Waals surface area contributed by atoms with E-state index in [2.05, 4.69) is 41.1 Å². The van der Waals surface area contributed by atoms with Crippen molar-refractivity contribution in [1.82, 2.24) is 25.0 Å². The van der Waals surface area contributed by atoms with Gasteiger partial charge >= 0.3 is 0 Å². The molecule has 0 aromatic carbocycles. The van der Waals surface area contributed by atoms with Gasteiger partial charge in [0.2, 0.25) is 0 Å². The summed E-state index contributed by atoms with van der Waals surface area (Å²) < 4.78 is 1.98. The van der Waals surface area contributed by atoms with Crippen molar-refractivity contribution in [3.63, 3.8) is 0 Å². The first-order valence-electron chi connectivity index (χ1n) is 6.52. The highest BCUT2D eigenvalue weighted by Crippen LogP contribution is 2.22. The molecular weight excluding hydrogens is 214 g/mol. The summed E-state index contributed by atoms with van der Waals surface area (Å²) in [5.41, 5.74) is 0.239. The van der Waals surface area contributed by atoms with Crippen LogP contribution in [-0.2, 0) is 13.1 Å². The summed E-state index contributed by atoms with van der Waals surface area (Å²) in [6.45, 7) is 11.7. The van der Waals surface area contributed by atoms with Crippen molar-refractivity contribution in [2.24, 2.45) is 0 Å². The van der Waals surface area contributed by atoms with Crippen LogP contribution in [0.2, 0.25) is 0 Å². The molecule has 1 fully saturated rings. The van der Waals surface area contributed by atoms with Gasteiger partial charge in [-0.15, -0.1) is 0 Å². The Hall–Kier alpha value is -0.940. The molecule has 5 nitrogen and oxygen atoms in total. The molecule has 1 atom stereocenters. The zero-order valence-corrected chi connectivity index (χ0v) is 11.1. The molecule has 0 spiro atoms. The van der Waals surface area contributed by atoms with Gasteiger partial charge in [0.25, 0.3) is 0 Å². The second-order valence-corrected chi connectivity index (χ2v) is 4.94. The van der Waals surface area contributed by atoms with Crippen molar-refractivity contribution in [2.75, 3.05) is 19.6 Å². The SMILES string of the molecule is CCn1ncnc1CN1CCNCC1(C)CC. The fourth-order valence-corrected chi connectivity index (χ4v) is 2.42. The van der Waals surface area contributed by atoms with Gasteiger partial charge in [0.1, 0.15) is 12.2 Å². The fraction of sp³-hybridized carbons (Fsp3) is 0.833. The van der Waals surface area contributed by atoms with Crippen molar-refractivity contribution in [1.29, 1.82) is 0 Å². The van der Waals surface area contributed by atoms with Crippen molar-refractivity contribution in [2.45, 2.75) is 45.8 Å². The summed E-state index contributed by atoms with van der Waals surface area (Å²) >= 11 is 0. The third-order valence-electron chi connectivity index (χ3n) is 3.92. The molecule has 1 aliphatic heterocycles. The van der Waals surface area contributed by atoms with Crippen LogP contribution in [0.25, 0.3) is 0 Å². The summed E-state index contributed by atoms with van der Waals surface area (Å²) in [5.74, 6) is 1.08. The number of nitrogens with one attached hydrogen (secondary N) is 1. The Labute approximate surface area is 103 Å². The molecule has 1 aromatic rings. The smallest absolute Gasteiger partial charge is 0.141 e. The maximum atomic E-state index is 4.37. The Morgan fingerprint density at radius 3 is 3.00 bits per heavy atom. The molecule has 0 amide bonds. The lowest BCUT2D eigenvalue weighted by Crippen LogP contribution is -2.58. The van der Waals surface area contributed by atoms with Gasteiger partial charge in [0.15, 0.2) is 0 Å². The van der Waals surface area contributed by atoms with E-state index in [4.69, 9.17) is 0 Å². The highest BCUT2D eigenvalue weighted by atomic mass is 15.4. The van der Waals surface area contributed by atoms with Gasteiger partial charge in [0, 0.05) is 31.7 Å². The predicted molar refractivity (Wildman–Crippen MR) is 67.7 cm³/mol. The van der Waals surface area contributed by atoms with Crippen LogP contribution in [0.15, 0.2) is 6.33 Å². The van der Waals surface area contributed by atoms with E-state index in [1.807, 2.05) is 4.68 Å². The molecule has 1 unspecified atom stereocenters. The number of hydrogen-bond donors (Lipinski definition) is 1. The highest BCUT2D eigenvalue weighted by molar-refractivity contribution is 4.95. The summed E-state index contributed by atoms with van der Waals surface area (Å²) in [4.78, 5) is 6.90. The van der Waals surface area contributed by atoms with E-state index in [1.165, 1.54) is 0 Å². The minimum Gasteiger partial charge on any atom is -0.314 e. The van der Waals surface area contributed by atoms with Gasteiger partial charge in [-0.25, -0.2) is 9.67 Å². The first kappa shape index (κ1) is 12.5. The molecule has 1 N–H and O–H groups in total. The van der Waals surface area contributed by atoms with E-state index >= 15 is 0 Å². The molecule has 0 bridgehead atoms. The second kappa shape index (κ2) is 5.14. The summed E-state index contributed by atoms with van der Waals surface area (Å²) in [6, 6.07) is 0. The summed E-state index contributed by atoms with van der Waals surface area (Å²) in [6.07, 6.45) is 2.81. The monoisotopic (exact) mass is 237 g/mol. The highest BCUT2D eigenvalue weighted by Gasteiger charge is 2.33. The van der Waals surface area contributed by atoms with Crippen LogP contribution < -0.4 is 5.32 Å². The Bertz CT molecular complexity index is 362. The number of piperazine rings is 1. The van der Waals surface area contributed by atoms with Crippen molar-refractivity contribution in [3.05, 3.63) is 12.2 Å². The van der Waals surface area contributed by atoms with Gasteiger partial charge in [-0.3, -0.25) is 4.90 Å². The average Bonchev–Trinajstić information content (AvgIpc) is 2.79. The van der Waals surface area contributed by atoms with Gasteiger partial charge in [0.05, 0.1) is 6.54 Å². The van der Waals surface area contributed by atoms with Crippen LogP contribution in [0.4, 0.5) is 0 Å². The number of aromatic nitrogens is 3. The molecule has 0 saturated carbocycles. The maximum Gasteiger partial charge on any atom is 0.141 e. The molecule has 0 aliphatic carbocycles. The largest absolute Gasteiger partial charge is 0.314 e. The third kappa shape index (κ3) is 2.50. The van der Waals surface area contributed by atoms with E-state index in [9.17, 15) is 0 Å². The van der Waals surface area contributed by atoms with Gasteiger partial charge in [-0.2, -0.15) is 5.10 Å². The molecule has 1 saturated heterocycles. The number of nitrogens with zero attached hydrogens (tertiary/aromatic N) is 4. The topological polar surface area (TPSA) is 46.0 Å². The van der Waals surface area contributed by atoms with E-state index in [0.717, 1.165) is 45.0 Å². The lowest BCUT2D eigenvalue weighted by atomic mass is 9.94. The average molecular weight is 237 g/mol. The minimum atomic E-state index is 0.239. The lowest BCUT2D eigenvalue weighted by molar-refractivity contribution is 0.0599. The lowest BCUT2D eigenvalue weighted by Gasteiger charge is -2.44. The fourth-order valence-electron chi connectivity index (χ4n) is 2.42. The standard InChI is InChI=1S/C12H23N5/c1-4-12(3)9-13-6-7-16(12)8-11-14-10-15-17(11)5-2/h10,13H,4-9H2,1-3H3. The van der Waals surface area contributed by atoms with E-state index in [1.54, 1.807) is 6.33 Å². The van der Waals surface area contributed by atoms with Crippen molar-refractivity contribution in [3.8, 4) is 0 Å². The van der Waals surface area contributed by atoms with Crippen LogP contribution in [-0.4, -0.2) is 44.8 Å².